The van der Waals surface area contributed by atoms with E-state index in [1.807, 2.05) is 31.2 Å². The number of unbranched alkanes of at least 4 members (excludes halogenated alkanes) is 4. The first kappa shape index (κ1) is 19.0. The monoisotopic (exact) mass is 336 g/mol. The molecule has 0 aliphatic carbocycles. The third-order valence-electron chi connectivity index (χ3n) is 4.54. The van der Waals surface area contributed by atoms with Crippen LogP contribution in [0.25, 0.3) is 16.7 Å². The Balaban J connectivity index is 1.96. The average molecular weight is 336 g/mol. The van der Waals surface area contributed by atoms with Crippen LogP contribution in [0, 0.1) is 0 Å². The summed E-state index contributed by atoms with van der Waals surface area (Å²) in [6, 6.07) is 16.9. The maximum Gasteiger partial charge on any atom is 0.328 e. The molecule has 0 bridgehead atoms. The van der Waals surface area contributed by atoms with Gasteiger partial charge in [0.25, 0.3) is 0 Å². The van der Waals surface area contributed by atoms with Crippen molar-refractivity contribution in [1.82, 2.24) is 0 Å². The number of allylic oxidation sites excluding steroid dienone is 1. The molecule has 0 spiro atoms. The Morgan fingerprint density at radius 1 is 0.880 bits per heavy atom. The molecular weight excluding hydrogens is 308 g/mol. The van der Waals surface area contributed by atoms with E-state index in [0.29, 0.717) is 0 Å². The molecule has 1 N–H and O–H groups in total. The summed E-state index contributed by atoms with van der Waals surface area (Å²) in [5.74, 6) is -0.910. The Morgan fingerprint density at radius 2 is 1.44 bits per heavy atom. The summed E-state index contributed by atoms with van der Waals surface area (Å²) < 4.78 is 0. The zero-order valence-corrected chi connectivity index (χ0v) is 15.3. The molecule has 0 heterocycles. The van der Waals surface area contributed by atoms with Crippen LogP contribution in [0.15, 0.2) is 54.6 Å². The molecule has 2 aromatic rings. The molecule has 0 fully saturated rings. The fourth-order valence-electron chi connectivity index (χ4n) is 2.99. The fourth-order valence-corrected chi connectivity index (χ4v) is 2.99. The average Bonchev–Trinajstić information content (AvgIpc) is 2.62. The van der Waals surface area contributed by atoms with Gasteiger partial charge in [-0.05, 0) is 47.6 Å². The fraction of sp³-hybridized carbons (Fsp3) is 0.348. The van der Waals surface area contributed by atoms with Crippen LogP contribution in [0.5, 0.6) is 0 Å². The minimum absolute atomic E-state index is 0.762. The van der Waals surface area contributed by atoms with Crippen LogP contribution in [-0.2, 0) is 11.2 Å². The van der Waals surface area contributed by atoms with Crippen molar-refractivity contribution in [3.8, 4) is 11.1 Å². The molecule has 0 aromatic heterocycles. The Bertz CT molecular complexity index is 694. The van der Waals surface area contributed by atoms with E-state index in [9.17, 15) is 4.79 Å². The van der Waals surface area contributed by atoms with Crippen molar-refractivity contribution in [2.45, 2.75) is 52.4 Å². The SMILES string of the molecule is CCCCCCCc1ccc(-c2ccc(/C(C)=C\C(=O)O)cc2)cc1. The second kappa shape index (κ2) is 9.83. The van der Waals surface area contributed by atoms with Crippen molar-refractivity contribution in [2.24, 2.45) is 0 Å². The van der Waals surface area contributed by atoms with Gasteiger partial charge in [-0.3, -0.25) is 0 Å². The van der Waals surface area contributed by atoms with Crippen LogP contribution in [0.1, 0.15) is 57.1 Å². The Hall–Kier alpha value is -2.35. The number of aryl methyl sites for hydroxylation is 1. The molecule has 132 valence electrons. The van der Waals surface area contributed by atoms with Gasteiger partial charge in [0.05, 0.1) is 0 Å². The van der Waals surface area contributed by atoms with Gasteiger partial charge in [0.1, 0.15) is 0 Å². The number of hydrogen-bond donors (Lipinski definition) is 1. The molecule has 0 aliphatic heterocycles. The predicted molar refractivity (Wildman–Crippen MR) is 106 cm³/mol. The molecule has 0 unspecified atom stereocenters. The summed E-state index contributed by atoms with van der Waals surface area (Å²) in [5, 5.41) is 8.83. The van der Waals surface area contributed by atoms with Crippen LogP contribution in [0.4, 0.5) is 0 Å². The molecule has 0 radical (unpaired) electrons. The maximum atomic E-state index is 10.8. The Morgan fingerprint density at radius 3 is 2.00 bits per heavy atom. The van der Waals surface area contributed by atoms with Gasteiger partial charge in [-0.15, -0.1) is 0 Å². The molecule has 0 saturated heterocycles. The van der Waals surface area contributed by atoms with E-state index in [-0.39, 0.29) is 0 Å². The summed E-state index contributed by atoms with van der Waals surface area (Å²) in [5.41, 5.74) is 5.45. The molecule has 2 aromatic carbocycles. The van der Waals surface area contributed by atoms with Gasteiger partial charge in [-0.2, -0.15) is 0 Å². The van der Waals surface area contributed by atoms with Crippen molar-refractivity contribution < 1.29 is 9.90 Å². The number of carboxylic acids is 1. The van der Waals surface area contributed by atoms with Gasteiger partial charge in [-0.1, -0.05) is 81.1 Å². The topological polar surface area (TPSA) is 37.3 Å². The van der Waals surface area contributed by atoms with Crippen LogP contribution >= 0.6 is 0 Å². The lowest BCUT2D eigenvalue weighted by Gasteiger charge is -2.07. The van der Waals surface area contributed by atoms with E-state index in [1.54, 1.807) is 0 Å². The number of hydrogen-bond acceptors (Lipinski definition) is 1. The minimum atomic E-state index is -0.910. The quantitative estimate of drug-likeness (QED) is 0.427. The second-order valence-corrected chi connectivity index (χ2v) is 6.60. The zero-order chi connectivity index (χ0) is 18.1. The van der Waals surface area contributed by atoms with Crippen molar-refractivity contribution in [2.75, 3.05) is 0 Å². The minimum Gasteiger partial charge on any atom is -0.478 e. The molecule has 2 heteroatoms. The summed E-state index contributed by atoms with van der Waals surface area (Å²) in [6.45, 7) is 4.06. The van der Waals surface area contributed by atoms with E-state index in [2.05, 4.69) is 31.2 Å². The highest BCUT2D eigenvalue weighted by Gasteiger charge is 2.02. The standard InChI is InChI=1S/C23H28O2/c1-3-4-5-6-7-8-19-9-11-21(12-10-19)22-15-13-20(14-16-22)18(2)17-23(24)25/h9-17H,3-8H2,1-2H3,(H,24,25)/b18-17-. The smallest absolute Gasteiger partial charge is 0.328 e. The molecule has 0 saturated carbocycles. The van der Waals surface area contributed by atoms with E-state index in [4.69, 9.17) is 5.11 Å². The number of rotatable bonds is 9. The first-order valence-corrected chi connectivity index (χ1v) is 9.21. The summed E-state index contributed by atoms with van der Waals surface area (Å²) in [4.78, 5) is 10.8. The van der Waals surface area contributed by atoms with Gasteiger partial charge in [0.2, 0.25) is 0 Å². The van der Waals surface area contributed by atoms with Gasteiger partial charge >= 0.3 is 5.97 Å². The van der Waals surface area contributed by atoms with Gasteiger partial charge in [0, 0.05) is 6.08 Å². The summed E-state index contributed by atoms with van der Waals surface area (Å²) in [6.07, 6.45) is 8.96. The van der Waals surface area contributed by atoms with E-state index in [1.165, 1.54) is 49.3 Å². The van der Waals surface area contributed by atoms with Crippen LogP contribution in [0.3, 0.4) is 0 Å². The van der Waals surface area contributed by atoms with E-state index >= 15 is 0 Å². The normalized spacial score (nSPS) is 11.5. The van der Waals surface area contributed by atoms with Crippen molar-refractivity contribution in [3.63, 3.8) is 0 Å². The third-order valence-corrected chi connectivity index (χ3v) is 4.54. The molecule has 2 rings (SSSR count). The van der Waals surface area contributed by atoms with Crippen LogP contribution in [0.2, 0.25) is 0 Å². The molecule has 0 amide bonds. The Kier molecular flexibility index (Phi) is 7.46. The molecule has 2 nitrogen and oxygen atoms in total. The highest BCUT2D eigenvalue weighted by Crippen LogP contribution is 2.23. The lowest BCUT2D eigenvalue weighted by atomic mass is 9.98. The second-order valence-electron chi connectivity index (χ2n) is 6.60. The Labute approximate surface area is 151 Å². The number of carboxylic acid groups (broad SMARTS) is 1. The number of benzene rings is 2. The third kappa shape index (κ3) is 6.22. The zero-order valence-electron chi connectivity index (χ0n) is 15.3. The number of carbonyl (C=O) groups is 1. The van der Waals surface area contributed by atoms with E-state index < -0.39 is 5.97 Å². The van der Waals surface area contributed by atoms with Gasteiger partial charge < -0.3 is 5.11 Å². The van der Waals surface area contributed by atoms with Crippen LogP contribution < -0.4 is 0 Å². The summed E-state index contributed by atoms with van der Waals surface area (Å²) >= 11 is 0. The molecule has 25 heavy (non-hydrogen) atoms. The molecule has 0 atom stereocenters. The maximum absolute atomic E-state index is 10.8. The lowest BCUT2D eigenvalue weighted by Crippen LogP contribution is -1.90. The first-order valence-electron chi connectivity index (χ1n) is 9.21. The molecular formula is C23H28O2. The van der Waals surface area contributed by atoms with Crippen molar-refractivity contribution in [1.29, 1.82) is 0 Å². The highest BCUT2D eigenvalue weighted by molar-refractivity contribution is 5.89. The molecule has 0 aliphatic rings. The summed E-state index contributed by atoms with van der Waals surface area (Å²) in [7, 11) is 0. The largest absolute Gasteiger partial charge is 0.478 e. The first-order chi connectivity index (χ1) is 12.1. The predicted octanol–water partition coefficient (Wildman–Crippen LogP) is 6.35. The van der Waals surface area contributed by atoms with E-state index in [0.717, 1.165) is 23.1 Å². The van der Waals surface area contributed by atoms with Gasteiger partial charge in [0.15, 0.2) is 0 Å². The number of aliphatic carboxylic acids is 1. The van der Waals surface area contributed by atoms with Crippen LogP contribution in [-0.4, -0.2) is 11.1 Å². The highest BCUT2D eigenvalue weighted by atomic mass is 16.4. The van der Waals surface area contributed by atoms with Crippen molar-refractivity contribution >= 4 is 11.5 Å². The van der Waals surface area contributed by atoms with Crippen molar-refractivity contribution in [3.05, 3.63) is 65.7 Å². The lowest BCUT2D eigenvalue weighted by molar-refractivity contribution is -0.131. The van der Waals surface area contributed by atoms with Gasteiger partial charge in [-0.25, -0.2) is 4.79 Å².